The smallest absolute Gasteiger partial charge is 0.321 e. The summed E-state index contributed by atoms with van der Waals surface area (Å²) in [5, 5.41) is 23.4. The number of hydrogen-bond donors (Lipinski definition) is 7. The highest BCUT2D eigenvalue weighted by Crippen LogP contribution is 2.26. The highest BCUT2D eigenvalue weighted by atomic mass is 16.3. The highest BCUT2D eigenvalue weighted by molar-refractivity contribution is 5.95. The third kappa shape index (κ3) is 12.9. The summed E-state index contributed by atoms with van der Waals surface area (Å²) in [6, 6.07) is 23.8. The molecule has 3 aromatic carbocycles. The molecule has 4 rings (SSSR count). The number of hydrogen-bond acceptors (Lipinski definition) is 6. The molecule has 12 nitrogen and oxygen atoms in total. The summed E-state index contributed by atoms with van der Waals surface area (Å²) in [7, 11) is 0. The van der Waals surface area contributed by atoms with Crippen molar-refractivity contribution in [2.24, 2.45) is 16.6 Å². The summed E-state index contributed by atoms with van der Waals surface area (Å²) >= 11 is 0. The summed E-state index contributed by atoms with van der Waals surface area (Å²) < 4.78 is 0. The number of phenols is 1. The Balaban J connectivity index is 1.29. The zero-order valence-corrected chi connectivity index (χ0v) is 28.4. The van der Waals surface area contributed by atoms with Crippen LogP contribution in [0.4, 0.5) is 4.79 Å². The molecule has 0 aromatic heterocycles. The number of aromatic hydroxyl groups is 1. The first-order chi connectivity index (χ1) is 24.3. The fourth-order valence-electron chi connectivity index (χ4n) is 6.03. The minimum Gasteiger partial charge on any atom is -0.508 e. The van der Waals surface area contributed by atoms with Crippen LogP contribution in [0.1, 0.15) is 74.0 Å². The average molecular weight is 684 g/mol. The first-order valence-corrected chi connectivity index (χ1v) is 17.4. The van der Waals surface area contributed by atoms with Crippen molar-refractivity contribution in [3.8, 4) is 5.75 Å². The van der Waals surface area contributed by atoms with Crippen LogP contribution in [0.2, 0.25) is 0 Å². The number of carbonyl (C=O) groups excluding carboxylic acids is 4. The Labute approximate surface area is 293 Å². The molecule has 266 valence electrons. The normalized spacial score (nSPS) is 14.0. The molecule has 1 aliphatic rings. The zero-order valence-electron chi connectivity index (χ0n) is 28.4. The van der Waals surface area contributed by atoms with Gasteiger partial charge in [-0.2, -0.15) is 0 Å². The zero-order chi connectivity index (χ0) is 35.6. The van der Waals surface area contributed by atoms with E-state index >= 15 is 0 Å². The summed E-state index contributed by atoms with van der Waals surface area (Å²) in [5.41, 5.74) is 8.30. The van der Waals surface area contributed by atoms with E-state index in [1.54, 1.807) is 24.3 Å². The van der Waals surface area contributed by atoms with Crippen LogP contribution in [0.15, 0.2) is 89.9 Å². The molecule has 1 aliphatic carbocycles. The van der Waals surface area contributed by atoms with E-state index in [1.807, 2.05) is 60.7 Å². The molecule has 0 heterocycles. The van der Waals surface area contributed by atoms with Gasteiger partial charge in [0.25, 0.3) is 0 Å². The first-order valence-electron chi connectivity index (χ1n) is 17.4. The topological polar surface area (TPSA) is 187 Å². The van der Waals surface area contributed by atoms with Gasteiger partial charge < -0.3 is 32.1 Å². The van der Waals surface area contributed by atoms with Crippen LogP contribution < -0.4 is 32.3 Å². The maximum atomic E-state index is 13.8. The van der Waals surface area contributed by atoms with E-state index in [0.29, 0.717) is 25.3 Å². The molecular weight excluding hydrogens is 634 g/mol. The van der Waals surface area contributed by atoms with Crippen LogP contribution in [0, 0.1) is 5.92 Å². The minimum absolute atomic E-state index is 0.000587. The summed E-state index contributed by atoms with van der Waals surface area (Å²) in [4.78, 5) is 55.9. The van der Waals surface area contributed by atoms with E-state index in [-0.39, 0.29) is 55.5 Å². The lowest BCUT2D eigenvalue weighted by atomic mass is 9.87. The molecule has 12 heteroatoms. The molecule has 8 N–H and O–H groups in total. The number of aliphatic imine (C=N–C) groups is 1. The van der Waals surface area contributed by atoms with E-state index in [2.05, 4.69) is 31.6 Å². The number of carbonyl (C=O) groups is 4. The van der Waals surface area contributed by atoms with E-state index < -0.39 is 18.0 Å². The lowest BCUT2D eigenvalue weighted by Gasteiger charge is -2.23. The van der Waals surface area contributed by atoms with Crippen molar-refractivity contribution in [1.29, 1.82) is 0 Å². The molecule has 0 bridgehead atoms. The van der Waals surface area contributed by atoms with Crippen LogP contribution >= 0.6 is 0 Å². The molecule has 1 saturated carbocycles. The van der Waals surface area contributed by atoms with Gasteiger partial charge in [-0.25, -0.2) is 4.79 Å². The number of rotatable bonds is 16. The lowest BCUT2D eigenvalue weighted by Crippen LogP contribution is -2.48. The second-order valence-corrected chi connectivity index (χ2v) is 12.5. The van der Waals surface area contributed by atoms with Gasteiger partial charge in [0.05, 0.1) is 5.92 Å². The van der Waals surface area contributed by atoms with Crippen molar-refractivity contribution in [1.82, 2.24) is 26.6 Å². The van der Waals surface area contributed by atoms with Gasteiger partial charge >= 0.3 is 6.03 Å². The molecule has 1 fully saturated rings. The maximum absolute atomic E-state index is 13.8. The monoisotopic (exact) mass is 683 g/mol. The number of benzene rings is 3. The maximum Gasteiger partial charge on any atom is 0.321 e. The van der Waals surface area contributed by atoms with Crippen molar-refractivity contribution < 1.29 is 24.3 Å². The van der Waals surface area contributed by atoms with Gasteiger partial charge in [0, 0.05) is 32.6 Å². The largest absolute Gasteiger partial charge is 0.508 e. The number of phenolic OH excluding ortho intramolecular Hbond substituents is 1. The van der Waals surface area contributed by atoms with Crippen LogP contribution in [0.3, 0.4) is 0 Å². The molecule has 0 unspecified atom stereocenters. The van der Waals surface area contributed by atoms with E-state index in [1.165, 1.54) is 19.3 Å². The molecule has 50 heavy (non-hydrogen) atoms. The predicted octanol–water partition coefficient (Wildman–Crippen LogP) is 3.81. The van der Waals surface area contributed by atoms with Crippen molar-refractivity contribution in [2.75, 3.05) is 19.6 Å². The standard InChI is InChI=1S/C38H49N7O5/c39-37(45-38(50)42-24-23-40-33(47)25-27-11-4-1-5-12-27)41-22-10-17-32(35(48)43-26-28-18-20-31(46)21-19-28)44-36(49)34(29-13-6-2-7-14-29)30-15-8-3-9-16-30/h2-3,6-9,13-16,18-21,27,32,34,46H,1,4-5,10-12,17,22-26H2,(H,40,47)(H,43,48)(H,44,49)(H4,39,41,42,45,50)/t32-/m1/s1. The third-order valence-corrected chi connectivity index (χ3v) is 8.67. The molecule has 0 radical (unpaired) electrons. The average Bonchev–Trinajstić information content (AvgIpc) is 3.12. The number of guanidine groups is 1. The Hall–Kier alpha value is -5.39. The van der Waals surface area contributed by atoms with E-state index in [9.17, 15) is 24.3 Å². The Morgan fingerprint density at radius 3 is 2.04 bits per heavy atom. The Morgan fingerprint density at radius 2 is 1.40 bits per heavy atom. The van der Waals surface area contributed by atoms with Crippen molar-refractivity contribution in [3.63, 3.8) is 0 Å². The van der Waals surface area contributed by atoms with Crippen LogP contribution in [-0.4, -0.2) is 60.5 Å². The summed E-state index contributed by atoms with van der Waals surface area (Å²) in [5.74, 6) is -0.841. The summed E-state index contributed by atoms with van der Waals surface area (Å²) in [6.07, 6.45) is 6.97. The van der Waals surface area contributed by atoms with Crippen LogP contribution in [0.5, 0.6) is 5.75 Å². The van der Waals surface area contributed by atoms with E-state index in [4.69, 9.17) is 5.73 Å². The molecule has 0 aliphatic heterocycles. The SMILES string of the molecule is NC(=NCCC[C@@H](NC(=O)C(c1ccccc1)c1ccccc1)C(=O)NCc1ccc(O)cc1)NC(=O)NCCNC(=O)CC1CCCCC1. The highest BCUT2D eigenvalue weighted by Gasteiger charge is 2.28. The Bertz CT molecular complexity index is 1510. The second-order valence-electron chi connectivity index (χ2n) is 12.5. The predicted molar refractivity (Wildman–Crippen MR) is 193 cm³/mol. The number of nitrogens with zero attached hydrogens (tertiary/aromatic N) is 1. The number of nitrogens with two attached hydrogens (primary N) is 1. The summed E-state index contributed by atoms with van der Waals surface area (Å²) in [6.45, 7) is 0.957. The fraction of sp³-hybridized carbons (Fsp3) is 0.395. The molecular formula is C38H49N7O5. The number of amides is 5. The second kappa shape index (κ2) is 20.2. The fourth-order valence-corrected chi connectivity index (χ4v) is 6.03. The third-order valence-electron chi connectivity index (χ3n) is 8.67. The number of urea groups is 1. The van der Waals surface area contributed by atoms with Crippen LogP contribution in [0.25, 0.3) is 0 Å². The van der Waals surface area contributed by atoms with Gasteiger partial charge in [-0.15, -0.1) is 0 Å². The first kappa shape index (κ1) is 37.4. The molecule has 0 saturated heterocycles. The molecule has 1 atom stereocenters. The van der Waals surface area contributed by atoms with Crippen LogP contribution in [-0.2, 0) is 20.9 Å². The van der Waals surface area contributed by atoms with Gasteiger partial charge in [0.2, 0.25) is 17.7 Å². The molecule has 0 spiro atoms. The van der Waals surface area contributed by atoms with Gasteiger partial charge in [-0.1, -0.05) is 92.1 Å². The van der Waals surface area contributed by atoms with Crippen molar-refractivity contribution >= 4 is 29.7 Å². The minimum atomic E-state index is -0.879. The van der Waals surface area contributed by atoms with Gasteiger partial charge in [-0.05, 0) is 60.4 Å². The number of nitrogens with one attached hydrogen (secondary N) is 5. The molecule has 5 amide bonds. The van der Waals surface area contributed by atoms with Crippen molar-refractivity contribution in [3.05, 3.63) is 102 Å². The van der Waals surface area contributed by atoms with Gasteiger partial charge in [0.15, 0.2) is 5.96 Å². The van der Waals surface area contributed by atoms with Crippen molar-refractivity contribution in [2.45, 2.75) is 69.9 Å². The Kier molecular flexibility index (Phi) is 15.1. The molecule has 3 aromatic rings. The van der Waals surface area contributed by atoms with Gasteiger partial charge in [-0.3, -0.25) is 24.7 Å². The lowest BCUT2D eigenvalue weighted by molar-refractivity contribution is -0.129. The quantitative estimate of drug-likeness (QED) is 0.0684. The van der Waals surface area contributed by atoms with E-state index in [0.717, 1.165) is 29.5 Å². The Morgan fingerprint density at radius 1 is 0.780 bits per heavy atom. The van der Waals surface area contributed by atoms with Gasteiger partial charge in [0.1, 0.15) is 11.8 Å².